The van der Waals surface area contributed by atoms with Gasteiger partial charge in [-0.2, -0.15) is 0 Å². The van der Waals surface area contributed by atoms with Crippen molar-refractivity contribution in [1.82, 2.24) is 4.90 Å². The average molecular weight is 510 g/mol. The number of methoxy groups -OCH3 is 2. The molecule has 3 aromatic rings. The normalized spacial score (nSPS) is 17.8. The molecule has 1 fully saturated rings. The van der Waals surface area contributed by atoms with Gasteiger partial charge in [0.15, 0.2) is 11.5 Å². The highest BCUT2D eigenvalue weighted by molar-refractivity contribution is 7.10. The molecule has 10 heteroatoms. The van der Waals surface area contributed by atoms with Crippen LogP contribution in [0.1, 0.15) is 21.4 Å². The van der Waals surface area contributed by atoms with E-state index in [2.05, 4.69) is 0 Å². The molecule has 1 N–H and O–H groups in total. The minimum Gasteiger partial charge on any atom is -0.507 e. The first-order valence-corrected chi connectivity index (χ1v) is 11.8. The zero-order valence-electron chi connectivity index (χ0n) is 16.9. The number of rotatable bonds is 6. The van der Waals surface area contributed by atoms with E-state index in [1.165, 1.54) is 47.9 Å². The van der Waals surface area contributed by atoms with Crippen LogP contribution in [0.4, 0.5) is 0 Å². The van der Waals surface area contributed by atoms with E-state index < -0.39 is 23.5 Å². The summed E-state index contributed by atoms with van der Waals surface area (Å²) in [6, 6.07) is 8.05. The molecule has 1 unspecified atom stereocenters. The molecule has 1 aromatic carbocycles. The molecule has 3 heterocycles. The van der Waals surface area contributed by atoms with Crippen LogP contribution >= 0.6 is 45.9 Å². The van der Waals surface area contributed by atoms with Gasteiger partial charge in [-0.1, -0.05) is 35.3 Å². The minimum absolute atomic E-state index is 0.0459. The lowest BCUT2D eigenvalue weighted by atomic mass is 9.99. The number of carbonyl (C=O) groups excluding carboxylic acids is 2. The topological polar surface area (TPSA) is 76.1 Å². The van der Waals surface area contributed by atoms with Crippen LogP contribution in [-0.2, 0) is 16.1 Å². The van der Waals surface area contributed by atoms with Crippen molar-refractivity contribution in [1.29, 1.82) is 0 Å². The predicted molar refractivity (Wildman–Crippen MR) is 126 cm³/mol. The van der Waals surface area contributed by atoms with Crippen molar-refractivity contribution >= 4 is 63.3 Å². The average Bonchev–Trinajstić information content (AvgIpc) is 3.52. The first kappa shape index (κ1) is 22.7. The van der Waals surface area contributed by atoms with Crippen LogP contribution < -0.4 is 9.47 Å². The number of carbonyl (C=O) groups is 2. The lowest BCUT2D eigenvalue weighted by Gasteiger charge is -2.24. The third kappa shape index (κ3) is 3.77. The van der Waals surface area contributed by atoms with Gasteiger partial charge < -0.3 is 19.5 Å². The van der Waals surface area contributed by atoms with Gasteiger partial charge in [0.2, 0.25) is 0 Å². The monoisotopic (exact) mass is 509 g/mol. The Hall–Kier alpha value is -2.52. The van der Waals surface area contributed by atoms with Gasteiger partial charge in [-0.15, -0.1) is 22.7 Å². The van der Waals surface area contributed by atoms with E-state index in [4.69, 9.17) is 32.7 Å². The summed E-state index contributed by atoms with van der Waals surface area (Å²) >= 11 is 15.5. The van der Waals surface area contributed by atoms with Crippen molar-refractivity contribution in [3.63, 3.8) is 0 Å². The Labute approximate surface area is 202 Å². The quantitative estimate of drug-likeness (QED) is 0.260. The molecule has 1 aliphatic rings. The van der Waals surface area contributed by atoms with E-state index in [9.17, 15) is 14.7 Å². The minimum atomic E-state index is -0.789. The molecule has 1 amide bonds. The van der Waals surface area contributed by atoms with Crippen molar-refractivity contribution < 1.29 is 24.2 Å². The molecule has 1 saturated heterocycles. The van der Waals surface area contributed by atoms with E-state index in [0.717, 1.165) is 9.75 Å². The molecule has 0 saturated carbocycles. The van der Waals surface area contributed by atoms with Crippen molar-refractivity contribution in [2.75, 3.05) is 14.2 Å². The molecule has 166 valence electrons. The molecule has 6 nitrogen and oxygen atoms in total. The largest absolute Gasteiger partial charge is 0.507 e. The van der Waals surface area contributed by atoms with Crippen molar-refractivity contribution in [2.45, 2.75) is 12.6 Å². The number of benzene rings is 1. The van der Waals surface area contributed by atoms with Crippen LogP contribution in [-0.4, -0.2) is 35.9 Å². The number of halogens is 2. The zero-order chi connectivity index (χ0) is 23.0. The summed E-state index contributed by atoms with van der Waals surface area (Å²) in [5.74, 6) is -1.64. The van der Waals surface area contributed by atoms with Gasteiger partial charge in [-0.25, -0.2) is 0 Å². The lowest BCUT2D eigenvalue weighted by Crippen LogP contribution is -2.28. The van der Waals surface area contributed by atoms with Gasteiger partial charge in [-0.05, 0) is 29.0 Å². The van der Waals surface area contributed by atoms with Crippen LogP contribution in [0.3, 0.4) is 0 Å². The Morgan fingerprint density at radius 1 is 1.09 bits per heavy atom. The Bertz CT molecular complexity index is 1210. The van der Waals surface area contributed by atoms with Crippen LogP contribution in [0.25, 0.3) is 5.76 Å². The SMILES string of the molecule is COc1c(Cl)cc(/C(O)=C2/C(=O)C(=O)N(Cc3cccs3)C2c2cccs2)c(OC)c1Cl. The van der Waals surface area contributed by atoms with Gasteiger partial charge in [0.25, 0.3) is 11.7 Å². The highest BCUT2D eigenvalue weighted by Gasteiger charge is 2.47. The van der Waals surface area contributed by atoms with Crippen LogP contribution in [0.2, 0.25) is 10.0 Å². The van der Waals surface area contributed by atoms with Gasteiger partial charge in [0.1, 0.15) is 16.8 Å². The molecule has 0 radical (unpaired) electrons. The Kier molecular flexibility index (Phi) is 6.48. The number of amides is 1. The second-order valence-electron chi connectivity index (χ2n) is 6.81. The molecule has 0 aliphatic carbocycles. The number of hydrogen-bond donors (Lipinski definition) is 1. The number of nitrogens with zero attached hydrogens (tertiary/aromatic N) is 1. The van der Waals surface area contributed by atoms with Crippen molar-refractivity contribution in [2.24, 2.45) is 0 Å². The fourth-order valence-electron chi connectivity index (χ4n) is 3.65. The fraction of sp³-hybridized carbons (Fsp3) is 0.182. The number of ether oxygens (including phenoxy) is 2. The molecule has 0 spiro atoms. The highest BCUT2D eigenvalue weighted by atomic mass is 35.5. The molecule has 32 heavy (non-hydrogen) atoms. The van der Waals surface area contributed by atoms with Crippen molar-refractivity contribution in [3.8, 4) is 11.5 Å². The number of hydrogen-bond acceptors (Lipinski definition) is 7. The van der Waals surface area contributed by atoms with E-state index in [-0.39, 0.29) is 39.2 Å². The van der Waals surface area contributed by atoms with E-state index >= 15 is 0 Å². The van der Waals surface area contributed by atoms with Gasteiger partial charge in [0.05, 0.1) is 36.9 Å². The smallest absolute Gasteiger partial charge is 0.296 e. The van der Waals surface area contributed by atoms with Crippen LogP contribution in [0, 0.1) is 0 Å². The number of likely N-dealkylation sites (tertiary alicyclic amines) is 1. The molecule has 1 aliphatic heterocycles. The maximum atomic E-state index is 13.1. The first-order valence-electron chi connectivity index (χ1n) is 9.33. The zero-order valence-corrected chi connectivity index (χ0v) is 20.1. The summed E-state index contributed by atoms with van der Waals surface area (Å²) in [7, 11) is 2.77. The van der Waals surface area contributed by atoms with E-state index in [1.807, 2.05) is 35.0 Å². The molecule has 2 aromatic heterocycles. The lowest BCUT2D eigenvalue weighted by molar-refractivity contribution is -0.140. The van der Waals surface area contributed by atoms with E-state index in [0.29, 0.717) is 0 Å². The standard InChI is InChI=1S/C22H17Cl2NO5S2/c1-29-20-12(9-13(23)21(30-2)16(20)24)18(26)15-17(14-6-4-8-32-14)25(22(28)19(15)27)10-11-5-3-7-31-11/h3-9,17,26H,10H2,1-2H3/b18-15-. The third-order valence-electron chi connectivity index (χ3n) is 5.05. The first-order chi connectivity index (χ1) is 15.4. The molecular formula is C22H17Cl2NO5S2. The summed E-state index contributed by atoms with van der Waals surface area (Å²) in [5.41, 5.74) is 0.0450. The number of Topliss-reactive ketones (excluding diaryl/α,β-unsaturated/α-hetero) is 1. The third-order valence-corrected chi connectivity index (χ3v) is 7.46. The molecular weight excluding hydrogens is 493 g/mol. The number of aliphatic hydroxyl groups excluding tert-OH is 1. The summed E-state index contributed by atoms with van der Waals surface area (Å²) < 4.78 is 10.6. The summed E-state index contributed by atoms with van der Waals surface area (Å²) in [5, 5.41) is 15.2. The van der Waals surface area contributed by atoms with Gasteiger partial charge in [0, 0.05) is 9.75 Å². The number of ketones is 1. The van der Waals surface area contributed by atoms with Crippen LogP contribution in [0.15, 0.2) is 46.7 Å². The van der Waals surface area contributed by atoms with Gasteiger partial charge in [-0.3, -0.25) is 9.59 Å². The Balaban J connectivity index is 1.92. The van der Waals surface area contributed by atoms with Crippen LogP contribution in [0.5, 0.6) is 11.5 Å². The second kappa shape index (κ2) is 9.15. The Morgan fingerprint density at radius 3 is 2.38 bits per heavy atom. The fourth-order valence-corrected chi connectivity index (χ4v) is 5.88. The molecule has 4 rings (SSSR count). The summed E-state index contributed by atoms with van der Waals surface area (Å²) in [4.78, 5) is 29.3. The number of aliphatic hydroxyl groups is 1. The Morgan fingerprint density at radius 2 is 1.78 bits per heavy atom. The summed E-state index contributed by atoms with van der Waals surface area (Å²) in [6.45, 7) is 0.239. The maximum absolute atomic E-state index is 13.1. The highest BCUT2D eigenvalue weighted by Crippen LogP contribution is 2.48. The maximum Gasteiger partial charge on any atom is 0.296 e. The second-order valence-corrected chi connectivity index (χ2v) is 9.60. The van der Waals surface area contributed by atoms with Crippen molar-refractivity contribution in [3.05, 3.63) is 72.0 Å². The van der Waals surface area contributed by atoms with Gasteiger partial charge >= 0.3 is 0 Å². The predicted octanol–water partition coefficient (Wildman–Crippen LogP) is 5.76. The molecule has 1 atom stereocenters. The van der Waals surface area contributed by atoms with E-state index in [1.54, 1.807) is 0 Å². The summed E-state index contributed by atoms with van der Waals surface area (Å²) in [6.07, 6.45) is 0. The number of thiophene rings is 2. The molecule has 0 bridgehead atoms.